The van der Waals surface area contributed by atoms with Crippen LogP contribution in [0.5, 0.6) is 0 Å². The summed E-state index contributed by atoms with van der Waals surface area (Å²) in [5.74, 6) is 0.857. The monoisotopic (exact) mass is 380 g/mol. The van der Waals surface area contributed by atoms with Gasteiger partial charge in [0, 0.05) is 24.3 Å². The molecular weight excluding hydrogens is 356 g/mol. The average Bonchev–Trinajstić information content (AvgIpc) is 3.21. The minimum absolute atomic E-state index is 0.105. The van der Waals surface area contributed by atoms with Gasteiger partial charge in [0.2, 0.25) is 0 Å². The number of aromatic nitrogens is 2. The molecule has 0 radical (unpaired) electrons. The molecule has 1 atom stereocenters. The Bertz CT molecular complexity index is 809. The highest BCUT2D eigenvalue weighted by atomic mass is 32.2. The Balaban J connectivity index is 1.67. The second-order valence-electron chi connectivity index (χ2n) is 6.68. The summed E-state index contributed by atoms with van der Waals surface area (Å²) >= 11 is 3.36. The number of thiophene rings is 1. The van der Waals surface area contributed by atoms with Crippen molar-refractivity contribution in [1.82, 2.24) is 9.55 Å². The molecule has 136 valence electrons. The number of fused-ring (bicyclic) bond motifs is 3. The number of hydrogen-bond donors (Lipinski definition) is 0. The van der Waals surface area contributed by atoms with E-state index in [1.165, 1.54) is 16.9 Å². The minimum atomic E-state index is 0.105. The predicted octanol–water partition coefficient (Wildman–Crippen LogP) is 3.25. The highest BCUT2D eigenvalue weighted by Gasteiger charge is 2.24. The lowest BCUT2D eigenvalue weighted by atomic mass is 10.1. The summed E-state index contributed by atoms with van der Waals surface area (Å²) in [7, 11) is 1.67. The van der Waals surface area contributed by atoms with Crippen LogP contribution in [0.4, 0.5) is 0 Å². The third-order valence-corrected chi connectivity index (χ3v) is 7.28. The smallest absolute Gasteiger partial charge is 0.263 e. The molecule has 0 spiro atoms. The molecule has 1 fully saturated rings. The Kier molecular flexibility index (Phi) is 5.45. The molecule has 0 aromatic carbocycles. The molecule has 0 saturated carbocycles. The van der Waals surface area contributed by atoms with Crippen molar-refractivity contribution in [3.05, 3.63) is 20.8 Å². The molecule has 5 nitrogen and oxygen atoms in total. The fourth-order valence-electron chi connectivity index (χ4n) is 3.65. The van der Waals surface area contributed by atoms with Gasteiger partial charge < -0.3 is 9.47 Å². The van der Waals surface area contributed by atoms with E-state index < -0.39 is 0 Å². The first-order valence-electron chi connectivity index (χ1n) is 9.06. The van der Waals surface area contributed by atoms with Crippen molar-refractivity contribution in [2.45, 2.75) is 56.3 Å². The van der Waals surface area contributed by atoms with Crippen LogP contribution in [-0.2, 0) is 28.9 Å². The first-order chi connectivity index (χ1) is 12.3. The zero-order valence-electron chi connectivity index (χ0n) is 14.6. The van der Waals surface area contributed by atoms with Gasteiger partial charge in [-0.05, 0) is 44.1 Å². The van der Waals surface area contributed by atoms with E-state index in [-0.39, 0.29) is 11.7 Å². The van der Waals surface area contributed by atoms with E-state index >= 15 is 0 Å². The molecule has 4 rings (SSSR count). The zero-order valence-corrected chi connectivity index (χ0v) is 16.2. The lowest BCUT2D eigenvalue weighted by molar-refractivity contribution is 0.0315. The van der Waals surface area contributed by atoms with Crippen LogP contribution in [0.15, 0.2) is 9.95 Å². The van der Waals surface area contributed by atoms with Crippen molar-refractivity contribution >= 4 is 33.3 Å². The summed E-state index contributed by atoms with van der Waals surface area (Å²) in [5, 5.41) is 1.66. The van der Waals surface area contributed by atoms with E-state index in [9.17, 15) is 4.79 Å². The number of ether oxygens (including phenoxy) is 2. The Morgan fingerprint density at radius 2 is 2.28 bits per heavy atom. The van der Waals surface area contributed by atoms with Crippen molar-refractivity contribution in [1.29, 1.82) is 0 Å². The number of nitrogens with zero attached hydrogens (tertiary/aromatic N) is 2. The fraction of sp³-hybridized carbons (Fsp3) is 0.667. The third kappa shape index (κ3) is 3.52. The van der Waals surface area contributed by atoms with Crippen LogP contribution >= 0.6 is 23.1 Å². The average molecular weight is 381 g/mol. The number of hydrogen-bond acceptors (Lipinski definition) is 6. The number of rotatable bonds is 6. The van der Waals surface area contributed by atoms with Crippen LogP contribution < -0.4 is 5.56 Å². The van der Waals surface area contributed by atoms with Crippen LogP contribution in [0.3, 0.4) is 0 Å². The highest BCUT2D eigenvalue weighted by molar-refractivity contribution is 7.99. The van der Waals surface area contributed by atoms with Crippen LogP contribution in [-0.4, -0.2) is 41.7 Å². The van der Waals surface area contributed by atoms with E-state index in [0.717, 1.165) is 59.8 Å². The Labute approximate surface area is 155 Å². The summed E-state index contributed by atoms with van der Waals surface area (Å²) in [5.41, 5.74) is 1.35. The number of methoxy groups -OCH3 is 1. The summed E-state index contributed by atoms with van der Waals surface area (Å²) in [6.45, 7) is 1.93. The second kappa shape index (κ2) is 7.78. The van der Waals surface area contributed by atoms with E-state index in [1.54, 1.807) is 30.2 Å². The van der Waals surface area contributed by atoms with E-state index in [1.807, 2.05) is 4.57 Å². The topological polar surface area (TPSA) is 53.4 Å². The molecule has 0 bridgehead atoms. The second-order valence-corrected chi connectivity index (χ2v) is 8.75. The largest absolute Gasteiger partial charge is 0.383 e. The molecule has 2 aromatic rings. The van der Waals surface area contributed by atoms with Crippen LogP contribution in [0, 0.1) is 0 Å². The van der Waals surface area contributed by atoms with Gasteiger partial charge >= 0.3 is 0 Å². The van der Waals surface area contributed by atoms with Gasteiger partial charge in [0.15, 0.2) is 5.16 Å². The molecule has 1 saturated heterocycles. The zero-order chi connectivity index (χ0) is 17.2. The molecule has 7 heteroatoms. The molecule has 1 aliphatic carbocycles. The number of thioether (sulfide) groups is 1. The van der Waals surface area contributed by atoms with Gasteiger partial charge in [-0.3, -0.25) is 9.36 Å². The minimum Gasteiger partial charge on any atom is -0.383 e. The van der Waals surface area contributed by atoms with E-state index in [0.29, 0.717) is 13.2 Å². The first-order valence-corrected chi connectivity index (χ1v) is 10.9. The maximum atomic E-state index is 13.2. The lowest BCUT2D eigenvalue weighted by Gasteiger charge is -2.22. The molecule has 0 unspecified atom stereocenters. The van der Waals surface area contributed by atoms with Crippen molar-refractivity contribution in [2.75, 3.05) is 26.1 Å². The predicted molar refractivity (Wildman–Crippen MR) is 102 cm³/mol. The molecule has 0 amide bonds. The highest BCUT2D eigenvalue weighted by Crippen LogP contribution is 2.35. The van der Waals surface area contributed by atoms with Gasteiger partial charge in [0.1, 0.15) is 4.83 Å². The van der Waals surface area contributed by atoms with Gasteiger partial charge in [0.25, 0.3) is 5.56 Å². The Morgan fingerprint density at radius 3 is 3.08 bits per heavy atom. The fourth-order valence-corrected chi connectivity index (χ4v) is 6.05. The van der Waals surface area contributed by atoms with Crippen LogP contribution in [0.1, 0.15) is 36.1 Å². The normalized spacial score (nSPS) is 20.3. The standard InChI is InChI=1S/C18H24N2O3S2/c1-22-10-8-20-17(21)15-13-6-4-7-14(13)25-16(15)19-18(20)24-11-12-5-2-3-9-23-12/h12H,2-11H2,1H3/t12-/m1/s1. The summed E-state index contributed by atoms with van der Waals surface area (Å²) in [4.78, 5) is 20.3. The van der Waals surface area contributed by atoms with Crippen LogP contribution in [0.25, 0.3) is 10.2 Å². The van der Waals surface area contributed by atoms with E-state index in [2.05, 4.69) is 0 Å². The van der Waals surface area contributed by atoms with Gasteiger partial charge in [-0.1, -0.05) is 11.8 Å². The molecule has 1 aliphatic heterocycles. The summed E-state index contributed by atoms with van der Waals surface area (Å²) in [6, 6.07) is 0. The number of aryl methyl sites for hydroxylation is 2. The Morgan fingerprint density at radius 1 is 1.36 bits per heavy atom. The van der Waals surface area contributed by atoms with Crippen LogP contribution in [0.2, 0.25) is 0 Å². The first kappa shape index (κ1) is 17.5. The molecular formula is C18H24N2O3S2. The molecule has 2 aromatic heterocycles. The summed E-state index contributed by atoms with van der Waals surface area (Å²) < 4.78 is 12.9. The molecule has 2 aliphatic rings. The molecule has 0 N–H and O–H groups in total. The maximum absolute atomic E-state index is 13.2. The van der Waals surface area contributed by atoms with Gasteiger partial charge in [0.05, 0.1) is 24.6 Å². The maximum Gasteiger partial charge on any atom is 0.263 e. The van der Waals surface area contributed by atoms with Gasteiger partial charge in [-0.2, -0.15) is 0 Å². The quantitative estimate of drug-likeness (QED) is 0.569. The van der Waals surface area contributed by atoms with Crippen molar-refractivity contribution in [3.63, 3.8) is 0 Å². The SMILES string of the molecule is COCCn1c(SC[C@H]2CCCCO2)nc2sc3c(c2c1=O)CCC3. The summed E-state index contributed by atoms with van der Waals surface area (Å²) in [6.07, 6.45) is 7.02. The van der Waals surface area contributed by atoms with Crippen molar-refractivity contribution in [3.8, 4) is 0 Å². The molecule has 3 heterocycles. The Hall–Kier alpha value is -0.890. The lowest BCUT2D eigenvalue weighted by Crippen LogP contribution is -2.26. The third-order valence-electron chi connectivity index (χ3n) is 4.98. The molecule has 25 heavy (non-hydrogen) atoms. The van der Waals surface area contributed by atoms with Gasteiger partial charge in [-0.25, -0.2) is 4.98 Å². The van der Waals surface area contributed by atoms with E-state index in [4.69, 9.17) is 14.5 Å². The van der Waals surface area contributed by atoms with Crippen molar-refractivity contribution < 1.29 is 9.47 Å². The van der Waals surface area contributed by atoms with Crippen molar-refractivity contribution in [2.24, 2.45) is 0 Å². The van der Waals surface area contributed by atoms with Gasteiger partial charge in [-0.15, -0.1) is 11.3 Å².